The molecule has 0 radical (unpaired) electrons. The molecule has 1 unspecified atom stereocenters. The average Bonchev–Trinajstić information content (AvgIpc) is 2.30. The zero-order valence-electron chi connectivity index (χ0n) is 11.4. The summed E-state index contributed by atoms with van der Waals surface area (Å²) in [6.45, 7) is 6.32. The lowest BCUT2D eigenvalue weighted by Gasteiger charge is -2.36. The summed E-state index contributed by atoms with van der Waals surface area (Å²) in [4.78, 5) is 14.4. The first-order valence-electron chi connectivity index (χ1n) is 5.93. The van der Waals surface area contributed by atoms with Gasteiger partial charge >= 0.3 is 0 Å². The standard InChI is InChI=1S/C12H24N2O2S/c1-6-12(7-2,10(13)17)11(15)14(4)9(3)8-16-5/h9H,6-8H2,1-5H3,(H2,13,17). The maximum absolute atomic E-state index is 12.5. The number of likely N-dealkylation sites (N-methyl/N-ethyl adjacent to an activating group) is 1. The predicted molar refractivity (Wildman–Crippen MR) is 73.9 cm³/mol. The van der Waals surface area contributed by atoms with Crippen molar-refractivity contribution in [3.63, 3.8) is 0 Å². The van der Waals surface area contributed by atoms with Crippen molar-refractivity contribution in [3.8, 4) is 0 Å². The van der Waals surface area contributed by atoms with Crippen LogP contribution in [0.25, 0.3) is 0 Å². The fourth-order valence-corrected chi connectivity index (χ4v) is 2.27. The van der Waals surface area contributed by atoms with Gasteiger partial charge in [0.15, 0.2) is 0 Å². The van der Waals surface area contributed by atoms with Gasteiger partial charge in [-0.15, -0.1) is 0 Å². The highest BCUT2D eigenvalue weighted by Crippen LogP contribution is 2.29. The highest BCUT2D eigenvalue weighted by molar-refractivity contribution is 7.80. The van der Waals surface area contributed by atoms with Crippen molar-refractivity contribution < 1.29 is 9.53 Å². The average molecular weight is 260 g/mol. The van der Waals surface area contributed by atoms with E-state index in [1.165, 1.54) is 0 Å². The van der Waals surface area contributed by atoms with Crippen molar-refractivity contribution in [2.24, 2.45) is 11.1 Å². The second kappa shape index (κ2) is 6.91. The normalized spacial score (nSPS) is 13.2. The molecule has 1 amide bonds. The molecule has 0 aromatic heterocycles. The smallest absolute Gasteiger partial charge is 0.235 e. The van der Waals surface area contributed by atoms with Crippen molar-refractivity contribution in [2.45, 2.75) is 39.7 Å². The zero-order valence-corrected chi connectivity index (χ0v) is 12.3. The van der Waals surface area contributed by atoms with E-state index in [4.69, 9.17) is 22.7 Å². The molecule has 100 valence electrons. The highest BCUT2D eigenvalue weighted by Gasteiger charge is 2.40. The maximum Gasteiger partial charge on any atom is 0.235 e. The summed E-state index contributed by atoms with van der Waals surface area (Å²) in [5, 5.41) is 0. The number of hydrogen-bond donors (Lipinski definition) is 1. The third-order valence-corrected chi connectivity index (χ3v) is 3.87. The monoisotopic (exact) mass is 260 g/mol. The zero-order chi connectivity index (χ0) is 13.6. The molecule has 5 heteroatoms. The summed E-state index contributed by atoms with van der Waals surface area (Å²) in [5.41, 5.74) is 5.04. The fraction of sp³-hybridized carbons (Fsp3) is 0.833. The third-order valence-electron chi connectivity index (χ3n) is 3.48. The lowest BCUT2D eigenvalue weighted by Crippen LogP contribution is -2.52. The predicted octanol–water partition coefficient (Wildman–Crippen LogP) is 1.57. The maximum atomic E-state index is 12.5. The minimum atomic E-state index is -0.716. The Bertz CT molecular complexity index is 278. The van der Waals surface area contributed by atoms with Gasteiger partial charge in [0.1, 0.15) is 0 Å². The van der Waals surface area contributed by atoms with Gasteiger partial charge < -0.3 is 15.4 Å². The van der Waals surface area contributed by atoms with Crippen LogP contribution in [0, 0.1) is 5.41 Å². The molecule has 0 rings (SSSR count). The van der Waals surface area contributed by atoms with Gasteiger partial charge in [-0.25, -0.2) is 0 Å². The van der Waals surface area contributed by atoms with Gasteiger partial charge in [-0.2, -0.15) is 0 Å². The minimum absolute atomic E-state index is 0.0133. The molecule has 0 bridgehead atoms. The van der Waals surface area contributed by atoms with Crippen LogP contribution in [0.2, 0.25) is 0 Å². The summed E-state index contributed by atoms with van der Waals surface area (Å²) in [7, 11) is 3.39. The molecule has 0 aliphatic carbocycles. The summed E-state index contributed by atoms with van der Waals surface area (Å²) in [6.07, 6.45) is 1.25. The molecule has 2 N–H and O–H groups in total. The van der Waals surface area contributed by atoms with Crippen LogP contribution >= 0.6 is 12.2 Å². The van der Waals surface area contributed by atoms with Crippen LogP contribution < -0.4 is 5.73 Å². The van der Waals surface area contributed by atoms with Crippen LogP contribution in [-0.2, 0) is 9.53 Å². The van der Waals surface area contributed by atoms with Crippen molar-refractivity contribution >= 4 is 23.1 Å². The van der Waals surface area contributed by atoms with Crippen molar-refractivity contribution in [1.29, 1.82) is 0 Å². The molecule has 0 saturated heterocycles. The van der Waals surface area contributed by atoms with E-state index < -0.39 is 5.41 Å². The van der Waals surface area contributed by atoms with Crippen LogP contribution in [0.5, 0.6) is 0 Å². The third kappa shape index (κ3) is 3.39. The molecule has 0 fully saturated rings. The van der Waals surface area contributed by atoms with Gasteiger partial charge in [-0.05, 0) is 19.8 Å². The number of carbonyl (C=O) groups excluding carboxylic acids is 1. The summed E-state index contributed by atoms with van der Waals surface area (Å²) >= 11 is 5.07. The summed E-state index contributed by atoms with van der Waals surface area (Å²) < 4.78 is 5.06. The van der Waals surface area contributed by atoms with Gasteiger partial charge in [0, 0.05) is 14.2 Å². The van der Waals surface area contributed by atoms with Crippen LogP contribution in [0.3, 0.4) is 0 Å². The molecule has 0 aromatic rings. The molecule has 0 spiro atoms. The molecular weight excluding hydrogens is 236 g/mol. The number of ether oxygens (including phenoxy) is 1. The molecular formula is C12H24N2O2S. The van der Waals surface area contributed by atoms with E-state index >= 15 is 0 Å². The number of methoxy groups -OCH3 is 1. The number of carbonyl (C=O) groups is 1. The lowest BCUT2D eigenvalue weighted by atomic mass is 9.80. The molecule has 17 heavy (non-hydrogen) atoms. The first kappa shape index (κ1) is 16.3. The van der Waals surface area contributed by atoms with E-state index in [0.29, 0.717) is 19.4 Å². The Morgan fingerprint density at radius 3 is 2.24 bits per heavy atom. The molecule has 1 atom stereocenters. The number of hydrogen-bond acceptors (Lipinski definition) is 3. The van der Waals surface area contributed by atoms with E-state index in [1.54, 1.807) is 19.1 Å². The lowest BCUT2D eigenvalue weighted by molar-refractivity contribution is -0.140. The number of nitrogens with zero attached hydrogens (tertiary/aromatic N) is 1. The van der Waals surface area contributed by atoms with Gasteiger partial charge in [-0.3, -0.25) is 4.79 Å². The first-order valence-corrected chi connectivity index (χ1v) is 6.34. The first-order chi connectivity index (χ1) is 7.87. The highest BCUT2D eigenvalue weighted by atomic mass is 32.1. The van der Waals surface area contributed by atoms with E-state index in [2.05, 4.69) is 0 Å². The van der Waals surface area contributed by atoms with E-state index in [0.717, 1.165) is 0 Å². The molecule has 0 aliphatic rings. The van der Waals surface area contributed by atoms with Gasteiger partial charge in [0.05, 0.1) is 23.1 Å². The number of thiocarbonyl (C=S) groups is 1. The number of rotatable bonds is 7. The van der Waals surface area contributed by atoms with Crippen LogP contribution in [0.15, 0.2) is 0 Å². The Kier molecular flexibility index (Phi) is 6.64. The van der Waals surface area contributed by atoms with Crippen LogP contribution in [-0.4, -0.2) is 42.6 Å². The fourth-order valence-electron chi connectivity index (χ4n) is 1.90. The van der Waals surface area contributed by atoms with E-state index in [1.807, 2.05) is 20.8 Å². The van der Waals surface area contributed by atoms with Crippen LogP contribution in [0.1, 0.15) is 33.6 Å². The number of amides is 1. The topological polar surface area (TPSA) is 55.6 Å². The Morgan fingerprint density at radius 1 is 1.47 bits per heavy atom. The van der Waals surface area contributed by atoms with Gasteiger partial charge in [0.2, 0.25) is 5.91 Å². The van der Waals surface area contributed by atoms with Crippen LogP contribution in [0.4, 0.5) is 0 Å². The Hall–Kier alpha value is -0.680. The van der Waals surface area contributed by atoms with Crippen molar-refractivity contribution in [2.75, 3.05) is 20.8 Å². The molecule has 4 nitrogen and oxygen atoms in total. The molecule has 0 aliphatic heterocycles. The largest absolute Gasteiger partial charge is 0.392 e. The second-order valence-electron chi connectivity index (χ2n) is 4.37. The molecule has 0 heterocycles. The molecule has 0 aromatic carbocycles. The van der Waals surface area contributed by atoms with E-state index in [9.17, 15) is 4.79 Å². The Balaban J connectivity index is 5.03. The van der Waals surface area contributed by atoms with Crippen molar-refractivity contribution in [3.05, 3.63) is 0 Å². The Labute approximate surface area is 109 Å². The molecule has 0 saturated carbocycles. The Morgan fingerprint density at radius 2 is 1.94 bits per heavy atom. The minimum Gasteiger partial charge on any atom is -0.392 e. The summed E-state index contributed by atoms with van der Waals surface area (Å²) in [5.74, 6) is -0.0143. The van der Waals surface area contributed by atoms with E-state index in [-0.39, 0.29) is 16.9 Å². The van der Waals surface area contributed by atoms with Crippen molar-refractivity contribution in [1.82, 2.24) is 4.90 Å². The SMILES string of the molecule is CCC(CC)(C(=O)N(C)C(C)COC)C(N)=S. The summed E-state index contributed by atoms with van der Waals surface area (Å²) in [6, 6.07) is 0.0133. The van der Waals surface area contributed by atoms with Gasteiger partial charge in [-0.1, -0.05) is 26.1 Å². The number of nitrogens with two attached hydrogens (primary N) is 1. The van der Waals surface area contributed by atoms with Gasteiger partial charge in [0.25, 0.3) is 0 Å². The second-order valence-corrected chi connectivity index (χ2v) is 4.81. The quantitative estimate of drug-likeness (QED) is 0.706.